The molecule has 1 N–H and O–H groups in total. The van der Waals surface area contributed by atoms with Gasteiger partial charge in [-0.1, -0.05) is 18.2 Å². The van der Waals surface area contributed by atoms with Crippen LogP contribution in [-0.2, 0) is 0 Å². The second-order valence-corrected chi connectivity index (χ2v) is 4.27. The lowest BCUT2D eigenvalue weighted by Gasteiger charge is -2.32. The molecule has 3 nitrogen and oxygen atoms in total. The summed E-state index contributed by atoms with van der Waals surface area (Å²) in [5.41, 5.74) is -0.139. The number of amides is 1. The number of carbonyl (C=O) groups is 1. The Bertz CT molecular complexity index is 314. The molecule has 0 bridgehead atoms. The van der Waals surface area contributed by atoms with Crippen molar-refractivity contribution in [2.24, 2.45) is 0 Å². The molecule has 1 aromatic carbocycles. The number of nitrogens with one attached hydrogen (secondary N) is 1. The molecular weight excluding hydrogens is 178 g/mol. The second-order valence-electron chi connectivity index (χ2n) is 4.27. The summed E-state index contributed by atoms with van der Waals surface area (Å²) in [5, 5.41) is 11.3. The fourth-order valence-corrected chi connectivity index (χ4v) is 1.06. The number of benzene rings is 1. The van der Waals surface area contributed by atoms with Gasteiger partial charge in [0.25, 0.3) is 0 Å². The Labute approximate surface area is 83.9 Å². The number of hydroxylamine groups is 2. The highest BCUT2D eigenvalue weighted by atomic mass is 16.5. The first-order valence-electron chi connectivity index (χ1n) is 4.57. The molecule has 0 aliphatic heterocycles. The minimum atomic E-state index is -0.604. The number of rotatable bonds is 1. The molecule has 0 spiro atoms. The molecule has 1 aromatic rings. The fraction of sp³-hybridized carbons (Fsp3) is 0.364. The molecule has 14 heavy (non-hydrogen) atoms. The normalized spacial score (nSPS) is 13.7. The first-order chi connectivity index (χ1) is 6.43. The maximum absolute atomic E-state index is 11.6. The minimum absolute atomic E-state index is 0.344. The molecule has 0 radical (unpaired) electrons. The van der Waals surface area contributed by atoms with Crippen LogP contribution >= 0.6 is 0 Å². The molecule has 1 amide bonds. The van der Waals surface area contributed by atoms with Gasteiger partial charge in [0.15, 0.2) is 0 Å². The summed E-state index contributed by atoms with van der Waals surface area (Å²) in [7, 11) is 0. The van der Waals surface area contributed by atoms with E-state index in [4.69, 9.17) is 0 Å². The summed E-state index contributed by atoms with van der Waals surface area (Å²) in [4.78, 5) is 11.6. The van der Waals surface area contributed by atoms with Crippen LogP contribution in [-0.4, -0.2) is 11.4 Å². The van der Waals surface area contributed by atoms with Crippen LogP contribution in [0, 0.1) is 5.21 Å². The van der Waals surface area contributed by atoms with Crippen LogP contribution in [0.3, 0.4) is 0 Å². The van der Waals surface area contributed by atoms with Gasteiger partial charge in [-0.05, 0) is 32.9 Å². The van der Waals surface area contributed by atoms with Crippen LogP contribution in [0.1, 0.15) is 31.1 Å². The zero-order valence-corrected chi connectivity index (χ0v) is 8.70. The van der Waals surface area contributed by atoms with Crippen molar-refractivity contribution in [3.05, 3.63) is 41.1 Å². The van der Waals surface area contributed by atoms with E-state index in [0.717, 1.165) is 0 Å². The summed E-state index contributed by atoms with van der Waals surface area (Å²) in [6.45, 7) is 5.24. The van der Waals surface area contributed by atoms with Gasteiger partial charge in [-0.2, -0.15) is 0 Å². The highest BCUT2D eigenvalue weighted by Gasteiger charge is 2.25. The zero-order valence-electron chi connectivity index (χ0n) is 8.70. The topological polar surface area (TPSA) is 44.6 Å². The number of quaternary nitrogens is 1. The van der Waals surface area contributed by atoms with Gasteiger partial charge in [-0.3, -0.25) is 0 Å². The monoisotopic (exact) mass is 193 g/mol. The molecule has 0 heterocycles. The molecule has 0 fully saturated rings. The first kappa shape index (κ1) is 10.9. The lowest BCUT2D eigenvalue weighted by molar-refractivity contribution is -0.813. The smallest absolute Gasteiger partial charge is 0.344 e. The molecule has 1 atom stereocenters. The van der Waals surface area contributed by atoms with Crippen LogP contribution in [0.5, 0.6) is 0 Å². The van der Waals surface area contributed by atoms with E-state index in [0.29, 0.717) is 5.56 Å². The van der Waals surface area contributed by atoms with Crippen LogP contribution in [0.4, 0.5) is 0 Å². The predicted molar refractivity (Wildman–Crippen MR) is 54.9 cm³/mol. The quantitative estimate of drug-likeness (QED) is 0.676. The van der Waals surface area contributed by atoms with E-state index in [9.17, 15) is 10.0 Å². The van der Waals surface area contributed by atoms with Crippen LogP contribution < -0.4 is 5.06 Å². The van der Waals surface area contributed by atoms with E-state index in [-0.39, 0.29) is 5.06 Å². The largest absolute Gasteiger partial charge is 0.626 e. The van der Waals surface area contributed by atoms with Crippen LogP contribution in [0.25, 0.3) is 0 Å². The van der Waals surface area contributed by atoms with E-state index in [1.54, 1.807) is 45.0 Å². The van der Waals surface area contributed by atoms with Crippen LogP contribution in [0.15, 0.2) is 30.3 Å². The van der Waals surface area contributed by atoms with Crippen molar-refractivity contribution in [1.82, 2.24) is 0 Å². The highest BCUT2D eigenvalue weighted by molar-refractivity contribution is 5.87. The van der Waals surface area contributed by atoms with Crippen molar-refractivity contribution in [1.29, 1.82) is 0 Å². The molecule has 0 aliphatic carbocycles. The summed E-state index contributed by atoms with van der Waals surface area (Å²) >= 11 is 0. The van der Waals surface area contributed by atoms with Crippen molar-refractivity contribution in [2.75, 3.05) is 0 Å². The molecule has 0 saturated carbocycles. The van der Waals surface area contributed by atoms with E-state index >= 15 is 0 Å². The predicted octanol–water partition coefficient (Wildman–Crippen LogP) is 1.01. The molecule has 3 heteroatoms. The maximum atomic E-state index is 11.6. The van der Waals surface area contributed by atoms with Gasteiger partial charge in [0.05, 0.1) is 11.1 Å². The lowest BCUT2D eigenvalue weighted by Crippen LogP contribution is -3.17. The Morgan fingerprint density at radius 2 is 1.71 bits per heavy atom. The van der Waals surface area contributed by atoms with Gasteiger partial charge >= 0.3 is 5.91 Å². The van der Waals surface area contributed by atoms with E-state index < -0.39 is 11.4 Å². The van der Waals surface area contributed by atoms with Gasteiger partial charge in [-0.25, -0.2) is 4.79 Å². The summed E-state index contributed by atoms with van der Waals surface area (Å²) in [6, 6.07) is 8.64. The van der Waals surface area contributed by atoms with Gasteiger partial charge in [-0.15, -0.1) is 0 Å². The van der Waals surface area contributed by atoms with E-state index in [2.05, 4.69) is 0 Å². The van der Waals surface area contributed by atoms with Crippen molar-refractivity contribution >= 4 is 5.91 Å². The van der Waals surface area contributed by atoms with Crippen LogP contribution in [0.2, 0.25) is 0 Å². The van der Waals surface area contributed by atoms with E-state index in [1.807, 2.05) is 6.07 Å². The molecule has 0 aliphatic rings. The van der Waals surface area contributed by atoms with E-state index in [1.165, 1.54) is 0 Å². The number of carbonyl (C=O) groups excluding carboxylic acids is 1. The average Bonchev–Trinajstić information content (AvgIpc) is 2.15. The van der Waals surface area contributed by atoms with Gasteiger partial charge in [0, 0.05) is 0 Å². The summed E-state index contributed by atoms with van der Waals surface area (Å²) in [6.07, 6.45) is 0. The Balaban J connectivity index is 2.87. The van der Waals surface area contributed by atoms with Crippen molar-refractivity contribution < 1.29 is 9.86 Å². The fourth-order valence-electron chi connectivity index (χ4n) is 1.06. The minimum Gasteiger partial charge on any atom is -0.626 e. The molecule has 0 aromatic heterocycles. The van der Waals surface area contributed by atoms with Gasteiger partial charge < -0.3 is 10.3 Å². The summed E-state index contributed by atoms with van der Waals surface area (Å²) < 4.78 is 0. The maximum Gasteiger partial charge on any atom is 0.344 e. The third kappa shape index (κ3) is 2.40. The first-order valence-corrected chi connectivity index (χ1v) is 4.57. The van der Waals surface area contributed by atoms with Crippen molar-refractivity contribution in [2.45, 2.75) is 26.3 Å². The van der Waals surface area contributed by atoms with Gasteiger partial charge in [0.1, 0.15) is 0 Å². The SMILES string of the molecule is CC(C)(C)[NH+]([O-])C(=O)c1ccccc1. The lowest BCUT2D eigenvalue weighted by atomic mass is 10.1. The Hall–Kier alpha value is -1.19. The molecule has 76 valence electrons. The molecule has 1 unspecified atom stereocenters. The number of hydrogen-bond acceptors (Lipinski definition) is 2. The Morgan fingerprint density at radius 1 is 1.21 bits per heavy atom. The third-order valence-corrected chi connectivity index (χ3v) is 1.92. The second kappa shape index (κ2) is 3.90. The third-order valence-electron chi connectivity index (χ3n) is 1.92. The van der Waals surface area contributed by atoms with Crippen molar-refractivity contribution in [3.63, 3.8) is 0 Å². The zero-order chi connectivity index (χ0) is 10.8. The Morgan fingerprint density at radius 3 is 2.14 bits per heavy atom. The molecule has 0 saturated heterocycles. The van der Waals surface area contributed by atoms with Crippen molar-refractivity contribution in [3.8, 4) is 0 Å². The highest BCUT2D eigenvalue weighted by Crippen LogP contribution is 1.99. The molecule has 1 rings (SSSR count). The number of hydrogen-bond donors (Lipinski definition) is 1. The standard InChI is InChI=1S/C11H15NO2/c1-11(2,3)12(14)10(13)9-7-5-4-6-8-9/h4-8,12H,1-3H3. The molecular formula is C11H15NO2. The van der Waals surface area contributed by atoms with Gasteiger partial charge in [0.2, 0.25) is 0 Å². The Kier molecular flexibility index (Phi) is 3.03. The summed E-state index contributed by atoms with van der Waals surface area (Å²) in [5.74, 6) is -0.405. The average molecular weight is 193 g/mol.